The topological polar surface area (TPSA) is 26.0 Å². The third-order valence-corrected chi connectivity index (χ3v) is 2.71. The normalized spacial score (nSPS) is 12.8. The lowest BCUT2D eigenvalue weighted by atomic mass is 10.4. The summed E-state index contributed by atoms with van der Waals surface area (Å²) < 4.78 is 30.1. The Balaban J connectivity index is 2.35. The molecule has 0 bridgehead atoms. The van der Waals surface area contributed by atoms with Gasteiger partial charge in [-0.2, -0.15) is 0 Å². The van der Waals surface area contributed by atoms with Gasteiger partial charge in [0.15, 0.2) is 0 Å². The highest BCUT2D eigenvalue weighted by atomic mass is 35.5. The van der Waals surface area contributed by atoms with E-state index in [4.69, 9.17) is 16.0 Å². The Kier molecular flexibility index (Phi) is 5.11. The Morgan fingerprint density at radius 3 is 2.87 bits per heavy atom. The molecule has 0 fully saturated rings. The number of thioether (sulfide) groups is 1. The van der Waals surface area contributed by atoms with Crippen molar-refractivity contribution in [1.29, 1.82) is 0 Å². The molecule has 0 radical (unpaired) electrons. The number of hydrogen-bond acceptors (Lipinski definition) is 3. The van der Waals surface area contributed by atoms with Crippen LogP contribution in [0.15, 0.2) is 27.6 Å². The average molecular weight is 254 g/mol. The molecule has 0 N–H and O–H groups in total. The van der Waals surface area contributed by atoms with Gasteiger partial charge in [-0.1, -0.05) is 11.8 Å². The standard InChI is InChI=1S/C9H10ClF2NOS/c1-6(11)8(12)2-3-15-9-13-7(4-10)5-14-9/h5H,2-4H2,1H3/b8-6+. The van der Waals surface area contributed by atoms with Crippen LogP contribution in [0.5, 0.6) is 0 Å². The molecule has 0 saturated carbocycles. The minimum atomic E-state index is -0.774. The molecule has 2 nitrogen and oxygen atoms in total. The monoisotopic (exact) mass is 253 g/mol. The Morgan fingerprint density at radius 1 is 1.60 bits per heavy atom. The Morgan fingerprint density at radius 2 is 2.33 bits per heavy atom. The van der Waals surface area contributed by atoms with Crippen molar-refractivity contribution in [1.82, 2.24) is 4.98 Å². The SMILES string of the molecule is C/C(F)=C(\F)CCSc1nc(CCl)co1. The molecule has 0 aliphatic heterocycles. The van der Waals surface area contributed by atoms with Crippen molar-refractivity contribution in [3.63, 3.8) is 0 Å². The van der Waals surface area contributed by atoms with Crippen LogP contribution in [0, 0.1) is 0 Å². The molecule has 0 unspecified atom stereocenters. The van der Waals surface area contributed by atoms with Gasteiger partial charge in [0.05, 0.1) is 11.6 Å². The summed E-state index contributed by atoms with van der Waals surface area (Å²) in [5.41, 5.74) is 0.636. The Bertz CT molecular complexity index is 350. The quantitative estimate of drug-likeness (QED) is 0.585. The maximum Gasteiger partial charge on any atom is 0.255 e. The van der Waals surface area contributed by atoms with Crippen LogP contribution in [-0.4, -0.2) is 10.7 Å². The summed E-state index contributed by atoms with van der Waals surface area (Å²) >= 11 is 6.74. The Hall–Kier alpha value is -0.550. The lowest BCUT2D eigenvalue weighted by Crippen LogP contribution is -1.84. The summed E-state index contributed by atoms with van der Waals surface area (Å²) in [7, 11) is 0. The molecule has 1 heterocycles. The van der Waals surface area contributed by atoms with Gasteiger partial charge in [0.2, 0.25) is 0 Å². The van der Waals surface area contributed by atoms with Crippen LogP contribution in [0.3, 0.4) is 0 Å². The molecule has 6 heteroatoms. The minimum absolute atomic E-state index is 0.0333. The predicted molar refractivity (Wildman–Crippen MR) is 56.3 cm³/mol. The molecule has 0 aliphatic rings. The third kappa shape index (κ3) is 4.22. The first-order valence-electron chi connectivity index (χ1n) is 4.27. The second kappa shape index (κ2) is 6.12. The van der Waals surface area contributed by atoms with Gasteiger partial charge in [0, 0.05) is 12.2 Å². The molecule has 84 valence electrons. The summed E-state index contributed by atoms with van der Waals surface area (Å²) in [6.45, 7) is 1.09. The third-order valence-electron chi connectivity index (χ3n) is 1.59. The number of hydrogen-bond donors (Lipinski definition) is 0. The summed E-state index contributed by atoms with van der Waals surface area (Å²) in [4.78, 5) is 4.00. The number of alkyl halides is 1. The number of nitrogens with zero attached hydrogens (tertiary/aromatic N) is 1. The first-order chi connectivity index (χ1) is 7.13. The van der Waals surface area contributed by atoms with Gasteiger partial charge in [0.1, 0.15) is 17.9 Å². The zero-order valence-electron chi connectivity index (χ0n) is 8.10. The molecule has 0 amide bonds. The number of aromatic nitrogens is 1. The largest absolute Gasteiger partial charge is 0.440 e. The molecule has 0 aromatic carbocycles. The highest BCUT2D eigenvalue weighted by Gasteiger charge is 2.06. The average Bonchev–Trinajstić information content (AvgIpc) is 2.65. The first-order valence-corrected chi connectivity index (χ1v) is 5.79. The summed E-state index contributed by atoms with van der Waals surface area (Å²) in [5.74, 6) is -0.840. The van der Waals surface area contributed by atoms with Gasteiger partial charge in [-0.3, -0.25) is 0 Å². The number of allylic oxidation sites excluding steroid dienone is 2. The zero-order valence-corrected chi connectivity index (χ0v) is 9.67. The van der Waals surface area contributed by atoms with Crippen LogP contribution in [0.4, 0.5) is 8.78 Å². The van der Waals surface area contributed by atoms with E-state index < -0.39 is 11.7 Å². The van der Waals surface area contributed by atoms with Gasteiger partial charge < -0.3 is 4.42 Å². The smallest absolute Gasteiger partial charge is 0.255 e. The van der Waals surface area contributed by atoms with E-state index in [1.165, 1.54) is 18.0 Å². The first kappa shape index (κ1) is 12.5. The maximum absolute atomic E-state index is 12.7. The molecule has 0 aliphatic carbocycles. The van der Waals surface area contributed by atoms with Crippen LogP contribution in [-0.2, 0) is 5.88 Å². The van der Waals surface area contributed by atoms with E-state index in [2.05, 4.69) is 4.98 Å². The van der Waals surface area contributed by atoms with Crippen molar-refractivity contribution in [2.45, 2.75) is 24.4 Å². The summed E-state index contributed by atoms with van der Waals surface area (Å²) in [6.07, 6.45) is 1.48. The molecule has 0 spiro atoms. The fourth-order valence-electron chi connectivity index (χ4n) is 0.816. The molecular weight excluding hydrogens is 244 g/mol. The van der Waals surface area contributed by atoms with Crippen molar-refractivity contribution < 1.29 is 13.2 Å². The minimum Gasteiger partial charge on any atom is -0.440 e. The molecule has 1 rings (SSSR count). The van der Waals surface area contributed by atoms with E-state index >= 15 is 0 Å². The highest BCUT2D eigenvalue weighted by Crippen LogP contribution is 2.21. The van der Waals surface area contributed by atoms with Crippen molar-refractivity contribution >= 4 is 23.4 Å². The lowest BCUT2D eigenvalue weighted by Gasteiger charge is -1.95. The van der Waals surface area contributed by atoms with Gasteiger partial charge >= 0.3 is 0 Å². The molecule has 0 saturated heterocycles. The van der Waals surface area contributed by atoms with Gasteiger partial charge in [0.25, 0.3) is 5.22 Å². The van der Waals surface area contributed by atoms with Crippen molar-refractivity contribution in [2.24, 2.45) is 0 Å². The van der Waals surface area contributed by atoms with E-state index in [-0.39, 0.29) is 12.3 Å². The van der Waals surface area contributed by atoms with Gasteiger partial charge in [-0.25, -0.2) is 13.8 Å². The molecule has 15 heavy (non-hydrogen) atoms. The number of oxazole rings is 1. The van der Waals surface area contributed by atoms with Crippen LogP contribution in [0.2, 0.25) is 0 Å². The summed E-state index contributed by atoms with van der Waals surface area (Å²) in [6, 6.07) is 0. The van der Waals surface area contributed by atoms with Crippen molar-refractivity contribution in [3.05, 3.63) is 23.6 Å². The fraction of sp³-hybridized carbons (Fsp3) is 0.444. The van der Waals surface area contributed by atoms with E-state index in [1.54, 1.807) is 0 Å². The van der Waals surface area contributed by atoms with Gasteiger partial charge in [-0.15, -0.1) is 11.6 Å². The zero-order chi connectivity index (χ0) is 11.3. The van der Waals surface area contributed by atoms with E-state index in [1.807, 2.05) is 0 Å². The van der Waals surface area contributed by atoms with Crippen molar-refractivity contribution in [2.75, 3.05) is 5.75 Å². The van der Waals surface area contributed by atoms with E-state index in [0.717, 1.165) is 6.92 Å². The Labute approximate surface area is 95.7 Å². The molecule has 0 atom stereocenters. The highest BCUT2D eigenvalue weighted by molar-refractivity contribution is 7.99. The van der Waals surface area contributed by atoms with Crippen LogP contribution in [0.25, 0.3) is 0 Å². The molecular formula is C9H10ClF2NOS. The lowest BCUT2D eigenvalue weighted by molar-refractivity contribution is 0.453. The fourth-order valence-corrected chi connectivity index (χ4v) is 1.69. The van der Waals surface area contributed by atoms with E-state index in [0.29, 0.717) is 16.7 Å². The second-order valence-corrected chi connectivity index (χ2v) is 4.09. The van der Waals surface area contributed by atoms with Crippen LogP contribution in [0.1, 0.15) is 19.0 Å². The number of halogens is 3. The molecule has 1 aromatic rings. The number of rotatable bonds is 5. The molecule has 1 aromatic heterocycles. The maximum atomic E-state index is 12.7. The second-order valence-electron chi connectivity index (χ2n) is 2.78. The van der Waals surface area contributed by atoms with E-state index in [9.17, 15) is 8.78 Å². The van der Waals surface area contributed by atoms with Crippen LogP contribution >= 0.6 is 23.4 Å². The van der Waals surface area contributed by atoms with Crippen LogP contribution < -0.4 is 0 Å². The van der Waals surface area contributed by atoms with Crippen molar-refractivity contribution in [3.8, 4) is 0 Å². The predicted octanol–water partition coefficient (Wildman–Crippen LogP) is 4.07. The summed E-state index contributed by atoms with van der Waals surface area (Å²) in [5, 5.41) is 0.426. The van der Waals surface area contributed by atoms with Gasteiger partial charge in [-0.05, 0) is 6.92 Å².